The molecule has 1 aromatic rings. The smallest absolute Gasteiger partial charge is 0.390 e. The van der Waals surface area contributed by atoms with Gasteiger partial charge in [0.25, 0.3) is 5.91 Å². The van der Waals surface area contributed by atoms with E-state index in [0.717, 1.165) is 0 Å². The average molecular weight is 302 g/mol. The van der Waals surface area contributed by atoms with Crippen LogP contribution >= 0.6 is 0 Å². The Hall–Kier alpha value is -1.76. The van der Waals surface area contributed by atoms with E-state index in [1.54, 1.807) is 19.1 Å². The van der Waals surface area contributed by atoms with Gasteiger partial charge in [0.2, 0.25) is 0 Å². The van der Waals surface area contributed by atoms with Crippen molar-refractivity contribution in [3.63, 3.8) is 0 Å². The summed E-state index contributed by atoms with van der Waals surface area (Å²) in [5.74, 6) is 0.0719. The predicted molar refractivity (Wildman–Crippen MR) is 71.4 cm³/mol. The molecule has 0 bridgehead atoms. The van der Waals surface area contributed by atoms with Crippen LogP contribution in [0.4, 0.5) is 13.2 Å². The van der Waals surface area contributed by atoms with Crippen molar-refractivity contribution < 1.29 is 22.7 Å². The topological polar surface area (TPSA) is 50.4 Å². The van der Waals surface area contributed by atoms with Crippen molar-refractivity contribution in [2.45, 2.75) is 25.6 Å². The fourth-order valence-corrected chi connectivity index (χ4v) is 2.27. The number of rotatable bonds is 4. The summed E-state index contributed by atoms with van der Waals surface area (Å²) >= 11 is 0. The Kier molecular flexibility index (Phi) is 4.72. The molecule has 1 aliphatic rings. The number of benzene rings is 1. The third-order valence-electron chi connectivity index (χ3n) is 3.18. The number of carbonyl (C=O) groups is 1. The number of nitrogens with one attached hydrogen (secondary N) is 2. The highest BCUT2D eigenvalue weighted by molar-refractivity contribution is 5.97. The molecular weight excluding hydrogens is 285 g/mol. The Morgan fingerprint density at radius 3 is 2.86 bits per heavy atom. The van der Waals surface area contributed by atoms with E-state index in [1.165, 1.54) is 6.07 Å². The Bertz CT molecular complexity index is 517. The standard InChI is InChI=1S/C14H17F3N2O2/c1-2-18-11(8-14(15,16)17)9-3-4-12-10(7-9)13(20)19-5-6-21-12/h3-4,7,11,18H,2,5-6,8H2,1H3,(H,19,20). The molecule has 1 heterocycles. The Labute approximate surface area is 120 Å². The molecular formula is C14H17F3N2O2. The number of halogens is 3. The molecule has 1 unspecified atom stereocenters. The number of alkyl halides is 3. The summed E-state index contributed by atoms with van der Waals surface area (Å²) in [5.41, 5.74) is 0.698. The largest absolute Gasteiger partial charge is 0.491 e. The zero-order valence-corrected chi connectivity index (χ0v) is 11.6. The molecule has 0 aromatic heterocycles. The minimum absolute atomic E-state index is 0.273. The minimum atomic E-state index is -4.28. The van der Waals surface area contributed by atoms with Gasteiger partial charge >= 0.3 is 6.18 Å². The van der Waals surface area contributed by atoms with E-state index in [1.807, 2.05) is 0 Å². The highest BCUT2D eigenvalue weighted by Crippen LogP contribution is 2.32. The first kappa shape index (κ1) is 15.6. The Balaban J connectivity index is 2.31. The van der Waals surface area contributed by atoms with Crippen molar-refractivity contribution in [2.24, 2.45) is 0 Å². The molecule has 0 spiro atoms. The fraction of sp³-hybridized carbons (Fsp3) is 0.500. The summed E-state index contributed by atoms with van der Waals surface area (Å²) < 4.78 is 43.3. The van der Waals surface area contributed by atoms with E-state index in [4.69, 9.17) is 4.74 Å². The summed E-state index contributed by atoms with van der Waals surface area (Å²) in [6.07, 6.45) is -5.26. The van der Waals surface area contributed by atoms with Crippen molar-refractivity contribution in [1.29, 1.82) is 0 Å². The number of hydrogen-bond acceptors (Lipinski definition) is 3. The molecule has 1 aliphatic heterocycles. The van der Waals surface area contributed by atoms with Gasteiger partial charge in [0.05, 0.1) is 18.5 Å². The van der Waals surface area contributed by atoms with E-state index in [2.05, 4.69) is 10.6 Å². The Morgan fingerprint density at radius 2 is 2.19 bits per heavy atom. The highest BCUT2D eigenvalue weighted by atomic mass is 19.4. The van der Waals surface area contributed by atoms with Gasteiger partial charge in [0.15, 0.2) is 0 Å². The first-order valence-electron chi connectivity index (χ1n) is 6.76. The second-order valence-electron chi connectivity index (χ2n) is 4.79. The Morgan fingerprint density at radius 1 is 1.43 bits per heavy atom. The van der Waals surface area contributed by atoms with Crippen molar-refractivity contribution in [3.05, 3.63) is 29.3 Å². The zero-order chi connectivity index (χ0) is 15.5. The molecule has 0 radical (unpaired) electrons. The molecule has 7 heteroatoms. The van der Waals surface area contributed by atoms with E-state index >= 15 is 0 Å². The number of amides is 1. The molecule has 116 valence electrons. The van der Waals surface area contributed by atoms with Crippen LogP contribution in [0.3, 0.4) is 0 Å². The van der Waals surface area contributed by atoms with Gasteiger partial charge in [-0.05, 0) is 24.2 Å². The first-order chi connectivity index (χ1) is 9.90. The van der Waals surface area contributed by atoms with Crippen LogP contribution < -0.4 is 15.4 Å². The number of hydrogen-bond donors (Lipinski definition) is 2. The maximum atomic E-state index is 12.7. The van der Waals surface area contributed by atoms with Gasteiger partial charge in [-0.3, -0.25) is 4.79 Å². The average Bonchev–Trinajstić information content (AvgIpc) is 2.59. The normalized spacial score (nSPS) is 16.5. The quantitative estimate of drug-likeness (QED) is 0.898. The number of ether oxygens (including phenoxy) is 1. The predicted octanol–water partition coefficient (Wildman–Crippen LogP) is 2.41. The van der Waals surface area contributed by atoms with Crippen LogP contribution in [0.25, 0.3) is 0 Å². The maximum Gasteiger partial charge on any atom is 0.390 e. The molecule has 4 nitrogen and oxygen atoms in total. The van der Waals surface area contributed by atoms with Gasteiger partial charge in [0, 0.05) is 6.04 Å². The second-order valence-corrected chi connectivity index (χ2v) is 4.79. The summed E-state index contributed by atoms with van der Waals surface area (Å²) in [4.78, 5) is 11.9. The maximum absolute atomic E-state index is 12.7. The zero-order valence-electron chi connectivity index (χ0n) is 11.6. The molecule has 1 aromatic carbocycles. The van der Waals surface area contributed by atoms with Gasteiger partial charge < -0.3 is 15.4 Å². The summed E-state index contributed by atoms with van der Waals surface area (Å²) in [6.45, 7) is 2.86. The van der Waals surface area contributed by atoms with Gasteiger partial charge in [-0.1, -0.05) is 13.0 Å². The monoisotopic (exact) mass is 302 g/mol. The van der Waals surface area contributed by atoms with E-state index in [0.29, 0.717) is 31.0 Å². The molecule has 1 amide bonds. The number of carbonyl (C=O) groups excluding carboxylic acids is 1. The lowest BCUT2D eigenvalue weighted by molar-refractivity contribution is -0.140. The van der Waals surface area contributed by atoms with Crippen LogP contribution in [0, 0.1) is 0 Å². The van der Waals surface area contributed by atoms with Crippen LogP contribution in [0.15, 0.2) is 18.2 Å². The van der Waals surface area contributed by atoms with Gasteiger partial charge in [-0.25, -0.2) is 0 Å². The van der Waals surface area contributed by atoms with Crippen molar-refractivity contribution in [3.8, 4) is 5.75 Å². The summed E-state index contributed by atoms with van der Waals surface area (Å²) in [5, 5.41) is 5.44. The molecule has 1 atom stereocenters. The molecule has 0 saturated carbocycles. The highest BCUT2D eigenvalue weighted by Gasteiger charge is 2.32. The lowest BCUT2D eigenvalue weighted by Crippen LogP contribution is -2.27. The van der Waals surface area contributed by atoms with Gasteiger partial charge in [-0.2, -0.15) is 13.2 Å². The van der Waals surface area contributed by atoms with Crippen LogP contribution in [-0.2, 0) is 0 Å². The molecule has 21 heavy (non-hydrogen) atoms. The van der Waals surface area contributed by atoms with E-state index in [-0.39, 0.29) is 11.5 Å². The minimum Gasteiger partial charge on any atom is -0.491 e. The molecule has 0 aliphatic carbocycles. The van der Waals surface area contributed by atoms with E-state index in [9.17, 15) is 18.0 Å². The van der Waals surface area contributed by atoms with Crippen LogP contribution in [0.1, 0.15) is 35.3 Å². The molecule has 2 N–H and O–H groups in total. The molecule has 0 fully saturated rings. The van der Waals surface area contributed by atoms with Crippen LogP contribution in [0.2, 0.25) is 0 Å². The first-order valence-corrected chi connectivity index (χ1v) is 6.76. The second kappa shape index (κ2) is 6.34. The van der Waals surface area contributed by atoms with Crippen LogP contribution in [-0.4, -0.2) is 31.8 Å². The lowest BCUT2D eigenvalue weighted by Gasteiger charge is -2.21. The lowest BCUT2D eigenvalue weighted by atomic mass is 10.00. The van der Waals surface area contributed by atoms with Gasteiger partial charge in [-0.15, -0.1) is 0 Å². The third-order valence-corrected chi connectivity index (χ3v) is 3.18. The van der Waals surface area contributed by atoms with Crippen molar-refractivity contribution in [1.82, 2.24) is 10.6 Å². The van der Waals surface area contributed by atoms with Crippen molar-refractivity contribution >= 4 is 5.91 Å². The summed E-state index contributed by atoms with van der Waals surface area (Å²) in [7, 11) is 0. The van der Waals surface area contributed by atoms with E-state index < -0.39 is 18.6 Å². The third kappa shape index (κ3) is 4.10. The molecule has 2 rings (SSSR count). The van der Waals surface area contributed by atoms with Gasteiger partial charge in [0.1, 0.15) is 12.4 Å². The SMILES string of the molecule is CCNC(CC(F)(F)F)c1ccc2c(c1)C(=O)NCCO2. The van der Waals surface area contributed by atoms with Crippen molar-refractivity contribution in [2.75, 3.05) is 19.7 Å². The van der Waals surface area contributed by atoms with Crippen LogP contribution in [0.5, 0.6) is 5.75 Å². The summed E-state index contributed by atoms with van der Waals surface area (Å²) in [6, 6.07) is 3.71. The molecule has 0 saturated heterocycles. The fourth-order valence-electron chi connectivity index (χ4n) is 2.27. The number of fused-ring (bicyclic) bond motifs is 1.